The lowest BCUT2D eigenvalue weighted by Crippen LogP contribution is -2.06. The second kappa shape index (κ2) is 8.70. The monoisotopic (exact) mass is 250 g/mol. The number of hydrogen-bond acceptors (Lipinski definition) is 3. The van der Waals surface area contributed by atoms with Crippen molar-refractivity contribution in [3.8, 4) is 5.75 Å². The molecule has 0 spiro atoms. The van der Waals surface area contributed by atoms with E-state index in [1.165, 1.54) is 26.4 Å². The predicted molar refractivity (Wildman–Crippen MR) is 72.3 cm³/mol. The van der Waals surface area contributed by atoms with Crippen LogP contribution in [0.4, 0.5) is 0 Å². The summed E-state index contributed by atoms with van der Waals surface area (Å²) in [5, 5.41) is 0. The molecule has 0 aliphatic heterocycles. The van der Waals surface area contributed by atoms with Gasteiger partial charge in [-0.05, 0) is 30.7 Å². The summed E-state index contributed by atoms with van der Waals surface area (Å²) < 4.78 is 10.4. The van der Waals surface area contributed by atoms with Crippen LogP contribution in [0.15, 0.2) is 24.3 Å². The standard InChI is InChI=1S/C15H22O3/c1-3-4-5-6-11-18-14-9-7-13(8-10-14)15(16)12-17-2/h7-10H,3-6,11-12H2,1-2H3. The average molecular weight is 250 g/mol. The van der Waals surface area contributed by atoms with Crippen molar-refractivity contribution in [3.63, 3.8) is 0 Å². The maximum atomic E-state index is 11.5. The first-order valence-corrected chi connectivity index (χ1v) is 6.53. The van der Waals surface area contributed by atoms with E-state index in [9.17, 15) is 4.79 Å². The highest BCUT2D eigenvalue weighted by Crippen LogP contribution is 2.13. The number of Topliss-reactive ketones (excluding diaryl/α,β-unsaturated/α-hetero) is 1. The van der Waals surface area contributed by atoms with Gasteiger partial charge in [0.1, 0.15) is 12.4 Å². The van der Waals surface area contributed by atoms with E-state index in [0.29, 0.717) is 5.56 Å². The molecule has 0 saturated carbocycles. The summed E-state index contributed by atoms with van der Waals surface area (Å²) in [5.41, 5.74) is 0.662. The molecule has 0 saturated heterocycles. The summed E-state index contributed by atoms with van der Waals surface area (Å²) in [6.07, 6.45) is 4.78. The molecule has 0 fully saturated rings. The number of ketones is 1. The summed E-state index contributed by atoms with van der Waals surface area (Å²) in [6, 6.07) is 7.23. The van der Waals surface area contributed by atoms with Crippen LogP contribution in [0.2, 0.25) is 0 Å². The van der Waals surface area contributed by atoms with Gasteiger partial charge < -0.3 is 9.47 Å². The van der Waals surface area contributed by atoms with E-state index in [2.05, 4.69) is 6.92 Å². The quantitative estimate of drug-likeness (QED) is 0.497. The SMILES string of the molecule is CCCCCCOc1ccc(C(=O)COC)cc1. The Labute approximate surface area is 109 Å². The van der Waals surface area contributed by atoms with E-state index in [1.807, 2.05) is 12.1 Å². The van der Waals surface area contributed by atoms with Crippen LogP contribution in [0.1, 0.15) is 43.0 Å². The van der Waals surface area contributed by atoms with Crippen molar-refractivity contribution < 1.29 is 14.3 Å². The summed E-state index contributed by atoms with van der Waals surface area (Å²) in [6.45, 7) is 3.05. The smallest absolute Gasteiger partial charge is 0.188 e. The minimum Gasteiger partial charge on any atom is -0.494 e. The molecule has 0 bridgehead atoms. The van der Waals surface area contributed by atoms with Crippen molar-refractivity contribution in [2.75, 3.05) is 20.3 Å². The first-order chi connectivity index (χ1) is 8.77. The molecule has 3 heteroatoms. The van der Waals surface area contributed by atoms with Gasteiger partial charge in [-0.15, -0.1) is 0 Å². The van der Waals surface area contributed by atoms with Crippen LogP contribution in [-0.4, -0.2) is 26.1 Å². The molecule has 0 aliphatic carbocycles. The minimum absolute atomic E-state index is 0.00741. The molecule has 1 rings (SSSR count). The van der Waals surface area contributed by atoms with E-state index >= 15 is 0 Å². The number of carbonyl (C=O) groups is 1. The Balaban J connectivity index is 2.33. The molecular formula is C15H22O3. The van der Waals surface area contributed by atoms with Crippen molar-refractivity contribution in [2.45, 2.75) is 32.6 Å². The summed E-state index contributed by atoms with van der Waals surface area (Å²) in [7, 11) is 1.52. The molecule has 100 valence electrons. The third-order valence-electron chi connectivity index (χ3n) is 2.72. The molecule has 0 radical (unpaired) electrons. The summed E-state index contributed by atoms with van der Waals surface area (Å²) in [5.74, 6) is 0.812. The average Bonchev–Trinajstić information content (AvgIpc) is 2.39. The maximum Gasteiger partial charge on any atom is 0.188 e. The van der Waals surface area contributed by atoms with E-state index < -0.39 is 0 Å². The highest BCUT2D eigenvalue weighted by molar-refractivity contribution is 5.97. The fraction of sp³-hybridized carbons (Fsp3) is 0.533. The number of rotatable bonds is 9. The molecule has 0 amide bonds. The van der Waals surface area contributed by atoms with Crippen molar-refractivity contribution in [1.29, 1.82) is 0 Å². The second-order valence-electron chi connectivity index (χ2n) is 4.29. The van der Waals surface area contributed by atoms with E-state index in [1.54, 1.807) is 12.1 Å². The van der Waals surface area contributed by atoms with Gasteiger partial charge in [0.25, 0.3) is 0 Å². The van der Waals surface area contributed by atoms with Gasteiger partial charge in [-0.25, -0.2) is 0 Å². The van der Waals surface area contributed by atoms with Gasteiger partial charge in [-0.1, -0.05) is 26.2 Å². The molecule has 0 aromatic heterocycles. The molecule has 3 nitrogen and oxygen atoms in total. The topological polar surface area (TPSA) is 35.5 Å². The van der Waals surface area contributed by atoms with Gasteiger partial charge in [-0.3, -0.25) is 4.79 Å². The van der Waals surface area contributed by atoms with E-state index in [0.717, 1.165) is 18.8 Å². The number of methoxy groups -OCH3 is 1. The lowest BCUT2D eigenvalue weighted by atomic mass is 10.1. The molecular weight excluding hydrogens is 228 g/mol. The number of ether oxygens (including phenoxy) is 2. The van der Waals surface area contributed by atoms with Gasteiger partial charge in [-0.2, -0.15) is 0 Å². The van der Waals surface area contributed by atoms with Crippen LogP contribution in [0.25, 0.3) is 0 Å². The predicted octanol–water partition coefficient (Wildman–Crippen LogP) is 3.47. The highest BCUT2D eigenvalue weighted by atomic mass is 16.5. The fourth-order valence-corrected chi connectivity index (χ4v) is 1.67. The van der Waals surface area contributed by atoms with Crippen LogP contribution in [0.3, 0.4) is 0 Å². The Morgan fingerprint density at radius 3 is 2.44 bits per heavy atom. The Morgan fingerprint density at radius 1 is 1.11 bits per heavy atom. The van der Waals surface area contributed by atoms with Crippen LogP contribution >= 0.6 is 0 Å². The molecule has 0 atom stereocenters. The van der Waals surface area contributed by atoms with E-state index in [4.69, 9.17) is 9.47 Å². The summed E-state index contributed by atoms with van der Waals surface area (Å²) >= 11 is 0. The van der Waals surface area contributed by atoms with Crippen LogP contribution in [-0.2, 0) is 4.74 Å². The third kappa shape index (κ3) is 5.32. The van der Waals surface area contributed by atoms with Gasteiger partial charge in [0.05, 0.1) is 6.61 Å². The molecule has 0 unspecified atom stereocenters. The minimum atomic E-state index is -0.00741. The Bertz CT molecular complexity index is 343. The first kappa shape index (κ1) is 14.7. The van der Waals surface area contributed by atoms with Crippen LogP contribution in [0.5, 0.6) is 5.75 Å². The number of carbonyl (C=O) groups excluding carboxylic acids is 1. The normalized spacial score (nSPS) is 10.3. The zero-order valence-electron chi connectivity index (χ0n) is 11.3. The largest absolute Gasteiger partial charge is 0.494 e. The van der Waals surface area contributed by atoms with Gasteiger partial charge in [0.15, 0.2) is 5.78 Å². The number of benzene rings is 1. The number of unbranched alkanes of at least 4 members (excludes halogenated alkanes) is 3. The number of hydrogen-bond donors (Lipinski definition) is 0. The first-order valence-electron chi connectivity index (χ1n) is 6.53. The Kier molecular flexibility index (Phi) is 7.11. The molecule has 18 heavy (non-hydrogen) atoms. The van der Waals surface area contributed by atoms with Crippen molar-refractivity contribution in [3.05, 3.63) is 29.8 Å². The summed E-state index contributed by atoms with van der Waals surface area (Å²) in [4.78, 5) is 11.5. The molecule has 0 aliphatic rings. The lowest BCUT2D eigenvalue weighted by Gasteiger charge is -2.06. The molecule has 1 aromatic rings. The fourth-order valence-electron chi connectivity index (χ4n) is 1.67. The van der Waals surface area contributed by atoms with Crippen molar-refractivity contribution in [2.24, 2.45) is 0 Å². The molecule has 1 aromatic carbocycles. The zero-order chi connectivity index (χ0) is 13.2. The Hall–Kier alpha value is -1.35. The molecule has 0 N–H and O–H groups in total. The second-order valence-corrected chi connectivity index (χ2v) is 4.29. The van der Waals surface area contributed by atoms with Gasteiger partial charge >= 0.3 is 0 Å². The zero-order valence-corrected chi connectivity index (χ0v) is 11.3. The maximum absolute atomic E-state index is 11.5. The van der Waals surface area contributed by atoms with Crippen molar-refractivity contribution in [1.82, 2.24) is 0 Å². The van der Waals surface area contributed by atoms with Crippen molar-refractivity contribution >= 4 is 5.78 Å². The molecule has 0 heterocycles. The van der Waals surface area contributed by atoms with E-state index in [-0.39, 0.29) is 12.4 Å². The Morgan fingerprint density at radius 2 is 1.83 bits per heavy atom. The van der Waals surface area contributed by atoms with Crippen LogP contribution in [0, 0.1) is 0 Å². The highest BCUT2D eigenvalue weighted by Gasteiger charge is 2.04. The van der Waals surface area contributed by atoms with Crippen LogP contribution < -0.4 is 4.74 Å². The van der Waals surface area contributed by atoms with Gasteiger partial charge in [0.2, 0.25) is 0 Å². The lowest BCUT2D eigenvalue weighted by molar-refractivity contribution is 0.0848. The third-order valence-corrected chi connectivity index (χ3v) is 2.72. The van der Waals surface area contributed by atoms with Gasteiger partial charge in [0, 0.05) is 12.7 Å².